The van der Waals surface area contributed by atoms with Gasteiger partial charge in [0.05, 0.1) is 12.5 Å². The van der Waals surface area contributed by atoms with Gasteiger partial charge in [-0.2, -0.15) is 24.3 Å². The predicted octanol–water partition coefficient (Wildman–Crippen LogP) is 7.49. The predicted molar refractivity (Wildman–Crippen MR) is 119 cm³/mol. The maximum atomic E-state index is 6.06. The van der Waals surface area contributed by atoms with E-state index in [2.05, 4.69) is 44.2 Å². The van der Waals surface area contributed by atoms with Crippen LogP contribution in [0.4, 0.5) is 0 Å². The molecule has 0 saturated carbocycles. The summed E-state index contributed by atoms with van der Waals surface area (Å²) in [6, 6.07) is 2.14. The van der Waals surface area contributed by atoms with Crippen molar-refractivity contribution in [3.8, 4) is 0 Å². The molecule has 0 unspecified atom stereocenters. The second kappa shape index (κ2) is 14.3. The zero-order chi connectivity index (χ0) is 20.4. The summed E-state index contributed by atoms with van der Waals surface area (Å²) in [4.78, 5) is 0. The van der Waals surface area contributed by atoms with E-state index in [1.807, 2.05) is 26.0 Å². The van der Waals surface area contributed by atoms with E-state index in [-0.39, 0.29) is 98.1 Å². The Morgan fingerprint density at radius 1 is 0.969 bits per heavy atom. The van der Waals surface area contributed by atoms with Crippen molar-refractivity contribution < 1.29 is 107 Å². The third kappa shape index (κ3) is 7.35. The van der Waals surface area contributed by atoms with Crippen molar-refractivity contribution in [2.45, 2.75) is 66.2 Å². The SMILES string of the molecule is CC1=CC(C)=C2CCCC(/C=C/[C-]=C\C=C3/CCCc4c(C)cc(C)[o+]c43)=C2O1.[Y].[Y].[Y]. The summed E-state index contributed by atoms with van der Waals surface area (Å²) in [5.74, 6) is 4.08. The van der Waals surface area contributed by atoms with Crippen LogP contribution >= 0.6 is 0 Å². The first-order valence-corrected chi connectivity index (χ1v) is 10.7. The minimum Gasteiger partial charge on any atom is -0.463 e. The van der Waals surface area contributed by atoms with Crippen LogP contribution in [-0.2, 0) is 109 Å². The zero-order valence-electron chi connectivity index (χ0n) is 19.8. The molecule has 0 bridgehead atoms. The van der Waals surface area contributed by atoms with Gasteiger partial charge in [0.1, 0.15) is 11.5 Å². The number of fused-ring (bicyclic) bond motifs is 2. The average Bonchev–Trinajstić information content (AvgIpc) is 2.68. The molecule has 159 valence electrons. The van der Waals surface area contributed by atoms with Gasteiger partial charge in [-0.05, 0) is 82.1 Å². The summed E-state index contributed by atoms with van der Waals surface area (Å²) in [6.07, 6.45) is 20.5. The zero-order valence-corrected chi connectivity index (χ0v) is 28.3. The Morgan fingerprint density at radius 2 is 1.72 bits per heavy atom. The molecule has 2 nitrogen and oxygen atoms in total. The fraction of sp³-hybridized carbons (Fsp3) is 0.370. The largest absolute Gasteiger partial charge is 0.463 e. The van der Waals surface area contributed by atoms with Crippen LogP contribution in [0.15, 0.2) is 69.1 Å². The van der Waals surface area contributed by atoms with Gasteiger partial charge in [0.25, 0.3) is 0 Å². The molecule has 0 amide bonds. The van der Waals surface area contributed by atoms with Crippen molar-refractivity contribution in [2.75, 3.05) is 0 Å². The molecule has 4 rings (SSSR count). The monoisotopic (exact) mass is 653 g/mol. The molecule has 3 aliphatic rings. The van der Waals surface area contributed by atoms with E-state index in [9.17, 15) is 0 Å². The van der Waals surface area contributed by atoms with Gasteiger partial charge in [-0.25, -0.2) is 4.42 Å². The molecule has 2 heterocycles. The van der Waals surface area contributed by atoms with Crippen molar-refractivity contribution in [2.24, 2.45) is 0 Å². The Labute approximate surface area is 268 Å². The van der Waals surface area contributed by atoms with Crippen LogP contribution < -0.4 is 0 Å². The van der Waals surface area contributed by atoms with Gasteiger partial charge in [0.2, 0.25) is 0 Å². The van der Waals surface area contributed by atoms with Crippen LogP contribution in [0.3, 0.4) is 0 Å². The summed E-state index contributed by atoms with van der Waals surface area (Å²) < 4.78 is 12.1. The second-order valence-electron chi connectivity index (χ2n) is 8.29. The maximum Gasteiger partial charge on any atom is 0.347 e. The van der Waals surface area contributed by atoms with E-state index >= 15 is 0 Å². The third-order valence-electron chi connectivity index (χ3n) is 5.96. The standard InChI is InChI=1S/C27H30O2.3Y/c1-18-16-20(3)28-26-22(12-8-14-24(18)26)10-6-5-7-11-23-13-9-15-25-19(2)17-21(4)29-27(23)25;;;/h6-7,10-11,16-17H,8-9,12-15H2,1-4H3;;;. The Bertz CT molecular complexity index is 1020. The average molecular weight is 653 g/mol. The number of ether oxygens (including phenoxy) is 1. The molecule has 1 aliphatic heterocycles. The van der Waals surface area contributed by atoms with E-state index in [1.165, 1.54) is 46.3 Å². The summed E-state index contributed by atoms with van der Waals surface area (Å²) in [6.45, 7) is 8.42. The summed E-state index contributed by atoms with van der Waals surface area (Å²) in [5.41, 5.74) is 7.94. The molecule has 0 aromatic carbocycles. The Morgan fingerprint density at radius 3 is 2.50 bits per heavy atom. The molecule has 32 heavy (non-hydrogen) atoms. The Balaban J connectivity index is 0.00000171. The van der Waals surface area contributed by atoms with Gasteiger partial charge in [0.15, 0.2) is 0 Å². The van der Waals surface area contributed by atoms with Crippen molar-refractivity contribution >= 4 is 5.57 Å². The minimum absolute atomic E-state index is 0. The molecular formula is C27H30O2Y3. The van der Waals surface area contributed by atoms with Crippen LogP contribution in [0.2, 0.25) is 0 Å². The summed E-state index contributed by atoms with van der Waals surface area (Å²) in [5, 5.41) is 0. The van der Waals surface area contributed by atoms with Crippen molar-refractivity contribution in [3.05, 3.63) is 93.4 Å². The van der Waals surface area contributed by atoms with Gasteiger partial charge in [-0.15, -0.1) is 6.08 Å². The normalized spacial score (nSPS) is 19.0. The van der Waals surface area contributed by atoms with Crippen molar-refractivity contribution in [1.29, 1.82) is 0 Å². The van der Waals surface area contributed by atoms with E-state index < -0.39 is 0 Å². The summed E-state index contributed by atoms with van der Waals surface area (Å²) >= 11 is 0. The molecule has 2 aliphatic carbocycles. The van der Waals surface area contributed by atoms with Gasteiger partial charge in [-0.1, -0.05) is 5.57 Å². The molecule has 1 aromatic heterocycles. The molecule has 0 fully saturated rings. The maximum absolute atomic E-state index is 6.06. The van der Waals surface area contributed by atoms with Crippen molar-refractivity contribution in [1.82, 2.24) is 0 Å². The minimum atomic E-state index is 0. The molecule has 3 radical (unpaired) electrons. The van der Waals surface area contributed by atoms with E-state index in [0.29, 0.717) is 0 Å². The quantitative estimate of drug-likeness (QED) is 0.192. The molecular weight excluding hydrogens is 623 g/mol. The van der Waals surface area contributed by atoms with E-state index in [1.54, 1.807) is 0 Å². The van der Waals surface area contributed by atoms with Gasteiger partial charge < -0.3 is 4.74 Å². The van der Waals surface area contributed by atoms with E-state index in [4.69, 9.17) is 9.15 Å². The van der Waals surface area contributed by atoms with Crippen molar-refractivity contribution in [3.63, 3.8) is 0 Å². The first kappa shape index (κ1) is 30.7. The topological polar surface area (TPSA) is 20.5 Å². The Kier molecular flexibility index (Phi) is 13.7. The van der Waals surface area contributed by atoms with Crippen LogP contribution in [0.1, 0.15) is 68.6 Å². The molecule has 1 aromatic rings. The van der Waals surface area contributed by atoms with Gasteiger partial charge in [0, 0.05) is 110 Å². The smallest absolute Gasteiger partial charge is 0.347 e. The van der Waals surface area contributed by atoms with Crippen LogP contribution in [0.25, 0.3) is 5.57 Å². The van der Waals surface area contributed by atoms with E-state index in [0.717, 1.165) is 48.7 Å². The molecule has 0 saturated heterocycles. The van der Waals surface area contributed by atoms with Crippen LogP contribution in [0.5, 0.6) is 0 Å². The fourth-order valence-electron chi connectivity index (χ4n) is 4.60. The van der Waals surface area contributed by atoms with Crippen LogP contribution in [-0.4, -0.2) is 0 Å². The first-order valence-electron chi connectivity index (χ1n) is 10.7. The third-order valence-corrected chi connectivity index (χ3v) is 5.96. The van der Waals surface area contributed by atoms with Gasteiger partial charge >= 0.3 is 11.5 Å². The van der Waals surface area contributed by atoms with Gasteiger partial charge in [-0.3, -0.25) is 0 Å². The number of hydrogen-bond acceptors (Lipinski definition) is 1. The van der Waals surface area contributed by atoms with Crippen LogP contribution in [0, 0.1) is 19.9 Å². The number of aryl methyl sites for hydroxylation is 2. The number of hydrogen-bond donors (Lipinski definition) is 0. The molecule has 0 spiro atoms. The fourth-order valence-corrected chi connectivity index (χ4v) is 4.60. The number of allylic oxidation sites excluding steroid dienone is 11. The second-order valence-corrected chi connectivity index (χ2v) is 8.29. The molecule has 0 N–H and O–H groups in total. The summed E-state index contributed by atoms with van der Waals surface area (Å²) in [7, 11) is 0. The first-order chi connectivity index (χ1) is 14.0. The molecule has 5 heteroatoms. The number of rotatable bonds is 3. The Hall–Kier alpha value is 0.702. The molecule has 0 atom stereocenters.